The van der Waals surface area contributed by atoms with Gasteiger partial charge in [-0.15, -0.1) is 0 Å². The number of ether oxygens (including phenoxy) is 1. The van der Waals surface area contributed by atoms with E-state index in [1.165, 1.54) is 55.6 Å². The SMILES string of the molecule is COc1ccc(C(NC(=O)C(Cc2cccc(C#N)c2)NC(=O)c2ccccc2)C(=O)NC(C(=O)C(F)(F)C(=O)NCC(F)(F)F)C2CCC2)cc1. The summed E-state index contributed by atoms with van der Waals surface area (Å²) in [5.41, 5.74) is 1.05. The molecule has 0 saturated heterocycles. The second-order valence-corrected chi connectivity index (χ2v) is 12.0. The number of Topliss-reactive ketones (excluding diaryl/α,β-unsaturated/α-hetero) is 1. The molecule has 11 nitrogen and oxygen atoms in total. The van der Waals surface area contributed by atoms with Crippen LogP contribution in [-0.4, -0.2) is 67.2 Å². The molecule has 0 radical (unpaired) electrons. The summed E-state index contributed by atoms with van der Waals surface area (Å²) >= 11 is 0. The van der Waals surface area contributed by atoms with Crippen LogP contribution in [0.1, 0.15) is 52.4 Å². The zero-order valence-electron chi connectivity index (χ0n) is 27.6. The van der Waals surface area contributed by atoms with Gasteiger partial charge in [0.2, 0.25) is 17.6 Å². The zero-order valence-corrected chi connectivity index (χ0v) is 27.6. The average Bonchev–Trinajstić information content (AvgIpc) is 3.11. The molecular weight excluding hydrogens is 693 g/mol. The molecule has 3 aromatic carbocycles. The Morgan fingerprint density at radius 2 is 1.54 bits per heavy atom. The number of nitriles is 1. The van der Waals surface area contributed by atoms with Gasteiger partial charge in [0, 0.05) is 12.0 Å². The molecule has 3 aromatic rings. The van der Waals surface area contributed by atoms with Gasteiger partial charge in [0.15, 0.2) is 0 Å². The molecule has 4 N–H and O–H groups in total. The van der Waals surface area contributed by atoms with Crippen LogP contribution in [0.2, 0.25) is 0 Å². The maximum atomic E-state index is 15.0. The number of benzene rings is 3. The number of ketones is 1. The van der Waals surface area contributed by atoms with Crippen LogP contribution in [0.3, 0.4) is 0 Å². The van der Waals surface area contributed by atoms with Crippen LogP contribution in [0, 0.1) is 17.2 Å². The second kappa shape index (κ2) is 16.9. The van der Waals surface area contributed by atoms with Crippen molar-refractivity contribution >= 4 is 29.4 Å². The molecule has 4 amide bonds. The molecule has 16 heteroatoms. The summed E-state index contributed by atoms with van der Waals surface area (Å²) in [7, 11) is 1.38. The fraction of sp³-hybridized carbons (Fsp3) is 0.333. The van der Waals surface area contributed by atoms with Gasteiger partial charge >= 0.3 is 12.1 Å². The summed E-state index contributed by atoms with van der Waals surface area (Å²) in [6.07, 6.45) is -4.32. The normalized spacial score (nSPS) is 14.7. The lowest BCUT2D eigenvalue weighted by molar-refractivity contribution is -0.166. The van der Waals surface area contributed by atoms with E-state index >= 15 is 8.78 Å². The zero-order chi connectivity index (χ0) is 38.1. The number of carbonyl (C=O) groups excluding carboxylic acids is 5. The minimum absolute atomic E-state index is 0.0979. The van der Waals surface area contributed by atoms with Crippen LogP contribution >= 0.6 is 0 Å². The van der Waals surface area contributed by atoms with Gasteiger partial charge in [0.25, 0.3) is 11.8 Å². The molecule has 0 heterocycles. The van der Waals surface area contributed by atoms with Crippen molar-refractivity contribution in [2.24, 2.45) is 5.92 Å². The lowest BCUT2D eigenvalue weighted by atomic mass is 9.77. The molecule has 4 rings (SSSR count). The lowest BCUT2D eigenvalue weighted by Gasteiger charge is -2.35. The summed E-state index contributed by atoms with van der Waals surface area (Å²) in [4.78, 5) is 66.3. The number of nitrogens with one attached hydrogen (secondary N) is 4. The number of nitrogens with zero attached hydrogens (tertiary/aromatic N) is 1. The average molecular weight is 728 g/mol. The number of rotatable bonds is 15. The van der Waals surface area contributed by atoms with E-state index in [1.807, 2.05) is 6.07 Å². The highest BCUT2D eigenvalue weighted by molar-refractivity contribution is 6.11. The molecule has 274 valence electrons. The third-order valence-electron chi connectivity index (χ3n) is 8.40. The molecule has 1 fully saturated rings. The smallest absolute Gasteiger partial charge is 0.405 e. The van der Waals surface area contributed by atoms with Gasteiger partial charge in [-0.05, 0) is 66.3 Å². The molecule has 52 heavy (non-hydrogen) atoms. The van der Waals surface area contributed by atoms with Crippen molar-refractivity contribution in [2.45, 2.75) is 55.9 Å². The number of hydrogen-bond acceptors (Lipinski definition) is 7. The fourth-order valence-corrected chi connectivity index (χ4v) is 5.39. The van der Waals surface area contributed by atoms with E-state index in [0.29, 0.717) is 17.7 Å². The van der Waals surface area contributed by atoms with Crippen LogP contribution in [0.4, 0.5) is 22.0 Å². The summed E-state index contributed by atoms with van der Waals surface area (Å²) in [6.45, 7) is -2.11. The Morgan fingerprint density at radius 1 is 0.865 bits per heavy atom. The first-order valence-corrected chi connectivity index (χ1v) is 16.0. The Hall–Kier alpha value is -5.85. The largest absolute Gasteiger partial charge is 0.497 e. The number of methoxy groups -OCH3 is 1. The summed E-state index contributed by atoms with van der Waals surface area (Å²) in [5, 5.41) is 17.7. The van der Waals surface area contributed by atoms with Crippen LogP contribution in [0.25, 0.3) is 0 Å². The number of halogens is 5. The van der Waals surface area contributed by atoms with E-state index in [4.69, 9.17) is 4.74 Å². The third-order valence-corrected chi connectivity index (χ3v) is 8.40. The standard InChI is InChI=1S/C36H34F5N5O6/c1-52-26-15-13-24(14-16-26)29(33(50)45-28(23-11-6-12-23)30(47)36(40,41)34(51)43-20-35(37,38)39)46-32(49)27(18-21-7-5-8-22(17-21)19-42)44-31(48)25-9-3-2-4-10-25/h2-5,7-10,13-17,23,27-29H,6,11-12,18,20H2,1H3,(H,43,51)(H,44,48)(H,45,50)(H,46,49). The van der Waals surface area contributed by atoms with E-state index in [-0.39, 0.29) is 36.0 Å². The van der Waals surface area contributed by atoms with Crippen molar-refractivity contribution in [2.75, 3.05) is 13.7 Å². The lowest BCUT2D eigenvalue weighted by Crippen LogP contribution is -2.60. The van der Waals surface area contributed by atoms with E-state index in [2.05, 4.69) is 16.0 Å². The molecule has 3 atom stereocenters. The first-order chi connectivity index (χ1) is 24.6. The quantitative estimate of drug-likeness (QED) is 0.136. The maximum absolute atomic E-state index is 15.0. The van der Waals surface area contributed by atoms with Crippen molar-refractivity contribution < 1.29 is 50.7 Å². The minimum Gasteiger partial charge on any atom is -0.497 e. The van der Waals surface area contributed by atoms with Crippen molar-refractivity contribution in [3.05, 3.63) is 101 Å². The Balaban J connectivity index is 1.65. The number of carbonyl (C=O) groups is 5. The second-order valence-electron chi connectivity index (χ2n) is 12.0. The third kappa shape index (κ3) is 10.1. The molecular formula is C36H34F5N5O6. The molecule has 1 aliphatic carbocycles. The first-order valence-electron chi connectivity index (χ1n) is 16.0. The van der Waals surface area contributed by atoms with Gasteiger partial charge in [-0.25, -0.2) is 0 Å². The van der Waals surface area contributed by atoms with Gasteiger partial charge in [-0.3, -0.25) is 24.0 Å². The monoisotopic (exact) mass is 727 g/mol. The summed E-state index contributed by atoms with van der Waals surface area (Å²) in [5.74, 6) is -12.8. The fourth-order valence-electron chi connectivity index (χ4n) is 5.39. The molecule has 1 aliphatic rings. The Bertz CT molecular complexity index is 1810. The van der Waals surface area contributed by atoms with E-state index in [0.717, 1.165) is 5.32 Å². The molecule has 0 spiro atoms. The van der Waals surface area contributed by atoms with Gasteiger partial charge < -0.3 is 26.0 Å². The molecule has 3 unspecified atom stereocenters. The highest BCUT2D eigenvalue weighted by Gasteiger charge is 2.53. The first kappa shape index (κ1) is 38.9. The van der Waals surface area contributed by atoms with Crippen LogP contribution in [-0.2, 0) is 25.6 Å². The van der Waals surface area contributed by atoms with E-state index in [9.17, 15) is 42.4 Å². The van der Waals surface area contributed by atoms with Gasteiger partial charge in [-0.2, -0.15) is 27.2 Å². The van der Waals surface area contributed by atoms with Crippen LogP contribution < -0.4 is 26.0 Å². The number of hydrogen-bond donors (Lipinski definition) is 4. The van der Waals surface area contributed by atoms with E-state index in [1.54, 1.807) is 30.3 Å². The molecule has 0 aliphatic heterocycles. The van der Waals surface area contributed by atoms with Gasteiger partial charge in [0.1, 0.15) is 24.4 Å². The molecule has 0 bridgehead atoms. The van der Waals surface area contributed by atoms with Crippen LogP contribution in [0.15, 0.2) is 78.9 Å². The summed E-state index contributed by atoms with van der Waals surface area (Å²) < 4.78 is 73.1. The highest BCUT2D eigenvalue weighted by Crippen LogP contribution is 2.34. The highest BCUT2D eigenvalue weighted by atomic mass is 19.4. The molecule has 1 saturated carbocycles. The minimum atomic E-state index is -5.03. The number of amides is 4. The maximum Gasteiger partial charge on any atom is 0.405 e. The summed E-state index contributed by atoms with van der Waals surface area (Å²) in [6, 6.07) is 16.7. The molecule has 0 aromatic heterocycles. The van der Waals surface area contributed by atoms with Crippen molar-refractivity contribution in [1.29, 1.82) is 5.26 Å². The van der Waals surface area contributed by atoms with Gasteiger partial charge in [-0.1, -0.05) is 48.9 Å². The van der Waals surface area contributed by atoms with E-state index < -0.39 is 72.1 Å². The van der Waals surface area contributed by atoms with Crippen molar-refractivity contribution in [3.63, 3.8) is 0 Å². The van der Waals surface area contributed by atoms with Crippen LogP contribution in [0.5, 0.6) is 5.75 Å². The van der Waals surface area contributed by atoms with Crippen molar-refractivity contribution in [3.8, 4) is 11.8 Å². The Kier molecular flexibility index (Phi) is 12.7. The predicted molar refractivity (Wildman–Crippen MR) is 175 cm³/mol. The van der Waals surface area contributed by atoms with Crippen molar-refractivity contribution in [1.82, 2.24) is 21.3 Å². The Labute approximate surface area is 294 Å². The number of alkyl halides is 5. The topological polar surface area (TPSA) is 166 Å². The van der Waals surface area contributed by atoms with Gasteiger partial charge in [0.05, 0.1) is 24.8 Å². The predicted octanol–water partition coefficient (Wildman–Crippen LogP) is 3.93. The Morgan fingerprint density at radius 3 is 2.12 bits per heavy atom.